The molecule has 0 atom stereocenters. The minimum atomic E-state index is -3.04. The quantitative estimate of drug-likeness (QED) is 0.135. The standard InChI is InChI=1S/C68H60N4OSi/c1-67(2,3)50-40-41-69-65(44-50)72-61-36-21-22-37-63(61)74(55-30-15-9-16-31-55,56-32-17-10-18-33-56)64-39-38-54(46-62(64)72)73-53-29-23-28-52(45-53)70-47-71(60-35-20-19-34-59(60)70)66-57(48-24-11-7-12-25-48)42-51(68(4,5)6)43-58(66)49-26-13-8-14-27-49/h7-46H,47H2,1-6H3/i7D,8D,11D,12D,13D,14D,24D,25D,26D,27D. The highest BCUT2D eigenvalue weighted by atomic mass is 28.3. The summed E-state index contributed by atoms with van der Waals surface area (Å²) in [5.41, 5.74) is 5.79. The van der Waals surface area contributed by atoms with Crippen molar-refractivity contribution in [3.63, 3.8) is 0 Å². The van der Waals surface area contributed by atoms with Crippen molar-refractivity contribution in [1.29, 1.82) is 0 Å². The molecule has 2 aliphatic rings. The molecule has 0 unspecified atom stereocenters. The van der Waals surface area contributed by atoms with Crippen LogP contribution in [0.4, 0.5) is 39.9 Å². The van der Waals surface area contributed by atoms with Gasteiger partial charge in [0.25, 0.3) is 0 Å². The second kappa shape index (κ2) is 18.5. The molecule has 0 bridgehead atoms. The SMILES string of the molecule is [2H]c1c([2H])c([2H])c(-c2cc(C(C)(C)C)cc(-c3c([2H])c([2H])c([2H])c([2H])c3[2H])c2N2CN(c3cccc(Oc4ccc5c(c4)N(c4cc(C(C)(C)C)ccn4)c4ccccc4[Si]5(c4ccccc4)c4ccccc4)c3)c3ccccc32)c([2H])c1[2H]. The van der Waals surface area contributed by atoms with Gasteiger partial charge in [-0.25, -0.2) is 4.98 Å². The molecule has 0 saturated carbocycles. The number of pyridine rings is 1. The molecular weight excluding hydrogens is 917 g/mol. The first kappa shape index (κ1) is 36.5. The molecule has 74 heavy (non-hydrogen) atoms. The Morgan fingerprint density at radius 2 is 1.01 bits per heavy atom. The highest BCUT2D eigenvalue weighted by Crippen LogP contribution is 2.52. The molecule has 5 nitrogen and oxygen atoms in total. The highest BCUT2D eigenvalue weighted by molar-refractivity contribution is 7.21. The number of rotatable bonds is 9. The third-order valence-corrected chi connectivity index (χ3v) is 19.2. The summed E-state index contributed by atoms with van der Waals surface area (Å²) in [4.78, 5) is 11.4. The third-order valence-electron chi connectivity index (χ3n) is 14.3. The molecule has 3 heterocycles. The Hall–Kier alpha value is -8.45. The normalized spacial score (nSPS) is 15.7. The number of anilines is 7. The molecule has 0 saturated heterocycles. The molecule has 6 heteroatoms. The van der Waals surface area contributed by atoms with E-state index < -0.39 is 73.9 Å². The molecule has 0 amide bonds. The zero-order valence-electron chi connectivity index (χ0n) is 52.2. The van der Waals surface area contributed by atoms with Crippen molar-refractivity contribution in [1.82, 2.24) is 4.98 Å². The van der Waals surface area contributed by atoms with E-state index in [2.05, 4.69) is 146 Å². The van der Waals surface area contributed by atoms with Gasteiger partial charge in [0.15, 0.2) is 8.07 Å². The van der Waals surface area contributed by atoms with Gasteiger partial charge < -0.3 is 14.5 Å². The van der Waals surface area contributed by atoms with E-state index in [-0.39, 0.29) is 34.3 Å². The van der Waals surface area contributed by atoms with Crippen LogP contribution in [0.15, 0.2) is 243 Å². The van der Waals surface area contributed by atoms with Crippen LogP contribution in [-0.2, 0) is 10.8 Å². The van der Waals surface area contributed by atoms with Gasteiger partial charge in [0.2, 0.25) is 0 Å². The van der Waals surface area contributed by atoms with Crippen molar-refractivity contribution in [3.8, 4) is 33.8 Å². The third kappa shape index (κ3) is 8.16. The Morgan fingerprint density at radius 3 is 1.62 bits per heavy atom. The van der Waals surface area contributed by atoms with E-state index >= 15 is 0 Å². The number of fused-ring (bicyclic) bond motifs is 3. The van der Waals surface area contributed by atoms with Crippen LogP contribution in [0.3, 0.4) is 0 Å². The second-order valence-corrected chi connectivity index (χ2v) is 24.7. The van der Waals surface area contributed by atoms with Gasteiger partial charge in [-0.3, -0.25) is 4.90 Å². The van der Waals surface area contributed by atoms with Gasteiger partial charge in [-0.15, -0.1) is 0 Å². The number of aromatic nitrogens is 1. The molecule has 12 rings (SSSR count). The zero-order chi connectivity index (χ0) is 59.3. The predicted octanol–water partition coefficient (Wildman–Crippen LogP) is 15.2. The average Bonchev–Trinajstić information content (AvgIpc) is 0.802. The van der Waals surface area contributed by atoms with E-state index in [0.29, 0.717) is 28.4 Å². The summed E-state index contributed by atoms with van der Waals surface area (Å²) >= 11 is 0. The average molecular weight is 987 g/mol. The fraction of sp³-hybridized carbons (Fsp3) is 0.132. The Balaban J connectivity index is 1.02. The number of hydrogen-bond donors (Lipinski definition) is 0. The molecule has 0 fully saturated rings. The number of nitrogens with zero attached hydrogens (tertiary/aromatic N) is 4. The van der Waals surface area contributed by atoms with Crippen molar-refractivity contribution in [3.05, 3.63) is 254 Å². The largest absolute Gasteiger partial charge is 0.457 e. The molecular formula is C68H60N4OSi. The monoisotopic (exact) mass is 987 g/mol. The lowest BCUT2D eigenvalue weighted by Gasteiger charge is -2.44. The molecule has 362 valence electrons. The lowest BCUT2D eigenvalue weighted by molar-refractivity contribution is 0.483. The second-order valence-electron chi connectivity index (χ2n) is 20.9. The minimum Gasteiger partial charge on any atom is -0.457 e. The maximum Gasteiger partial charge on any atom is 0.184 e. The summed E-state index contributed by atoms with van der Waals surface area (Å²) in [5, 5.41) is 4.91. The fourth-order valence-electron chi connectivity index (χ4n) is 10.7. The van der Waals surface area contributed by atoms with Gasteiger partial charge in [-0.05, 0) is 114 Å². The highest BCUT2D eigenvalue weighted by Gasteiger charge is 2.49. The van der Waals surface area contributed by atoms with Crippen molar-refractivity contribution < 1.29 is 18.4 Å². The number of ether oxygens (including phenoxy) is 1. The molecule has 0 spiro atoms. The number of para-hydroxylation sites is 3. The van der Waals surface area contributed by atoms with Gasteiger partial charge in [0.1, 0.15) is 24.0 Å². The molecule has 0 N–H and O–H groups in total. The van der Waals surface area contributed by atoms with E-state index in [0.717, 1.165) is 34.1 Å². The van der Waals surface area contributed by atoms with Crippen LogP contribution in [0.2, 0.25) is 0 Å². The Kier molecular flexibility index (Phi) is 9.14. The first-order chi connectivity index (χ1) is 40.1. The summed E-state index contributed by atoms with van der Waals surface area (Å²) in [6.07, 6.45) is 1.89. The van der Waals surface area contributed by atoms with Crippen LogP contribution in [0.25, 0.3) is 22.3 Å². The molecule has 2 aliphatic heterocycles. The van der Waals surface area contributed by atoms with Gasteiger partial charge in [0.05, 0.1) is 36.5 Å². The zero-order valence-corrected chi connectivity index (χ0v) is 43.2. The van der Waals surface area contributed by atoms with Gasteiger partial charge in [-0.1, -0.05) is 205 Å². The summed E-state index contributed by atoms with van der Waals surface area (Å²) in [6, 6.07) is 55.2. The van der Waals surface area contributed by atoms with Gasteiger partial charge in [-0.2, -0.15) is 0 Å². The predicted molar refractivity (Wildman–Crippen MR) is 313 cm³/mol. The first-order valence-corrected chi connectivity index (χ1v) is 27.0. The van der Waals surface area contributed by atoms with Crippen LogP contribution in [0.5, 0.6) is 11.5 Å². The van der Waals surface area contributed by atoms with Crippen LogP contribution in [-0.4, -0.2) is 19.7 Å². The lowest BCUT2D eigenvalue weighted by atomic mass is 9.82. The van der Waals surface area contributed by atoms with E-state index in [1.54, 1.807) is 0 Å². The maximum absolute atomic E-state index is 9.35. The van der Waals surface area contributed by atoms with E-state index in [1.165, 1.54) is 20.7 Å². The molecule has 9 aromatic carbocycles. The molecule has 0 aliphatic carbocycles. The number of benzene rings is 9. The smallest absolute Gasteiger partial charge is 0.184 e. The van der Waals surface area contributed by atoms with Gasteiger partial charge in [0, 0.05) is 40.8 Å². The summed E-state index contributed by atoms with van der Waals surface area (Å²) in [5.74, 6) is 1.93. The van der Waals surface area contributed by atoms with Crippen molar-refractivity contribution in [2.45, 2.75) is 52.4 Å². The number of hydrogen-bond acceptors (Lipinski definition) is 5. The Labute approximate surface area is 451 Å². The fourth-order valence-corrected chi connectivity index (χ4v) is 15.8. The maximum atomic E-state index is 9.35. The van der Waals surface area contributed by atoms with Crippen LogP contribution in [0, 0.1) is 0 Å². The van der Waals surface area contributed by atoms with Crippen molar-refractivity contribution >= 4 is 68.8 Å². The molecule has 0 radical (unpaired) electrons. The lowest BCUT2D eigenvalue weighted by Crippen LogP contribution is -2.77. The first-order valence-electron chi connectivity index (χ1n) is 30.0. The van der Waals surface area contributed by atoms with Gasteiger partial charge >= 0.3 is 0 Å². The summed E-state index contributed by atoms with van der Waals surface area (Å²) in [6.45, 7) is 12.6. The molecule has 1 aromatic heterocycles. The minimum absolute atomic E-state index is 0.0840. The Morgan fingerprint density at radius 1 is 0.473 bits per heavy atom. The van der Waals surface area contributed by atoms with E-state index in [9.17, 15) is 5.48 Å². The van der Waals surface area contributed by atoms with E-state index in [1.807, 2.05) is 92.5 Å². The van der Waals surface area contributed by atoms with E-state index in [4.69, 9.17) is 17.9 Å². The molecule has 10 aromatic rings. The van der Waals surface area contributed by atoms with Crippen molar-refractivity contribution in [2.24, 2.45) is 0 Å². The van der Waals surface area contributed by atoms with Crippen LogP contribution >= 0.6 is 0 Å². The van der Waals surface area contributed by atoms with Crippen LogP contribution < -0.4 is 40.2 Å². The Bertz CT molecular complexity index is 4090. The van der Waals surface area contributed by atoms with Crippen LogP contribution in [0.1, 0.15) is 66.4 Å². The summed E-state index contributed by atoms with van der Waals surface area (Å²) < 4.78 is 96.9. The topological polar surface area (TPSA) is 31.8 Å². The summed E-state index contributed by atoms with van der Waals surface area (Å²) in [7, 11) is -3.04. The van der Waals surface area contributed by atoms with Crippen molar-refractivity contribution in [2.75, 3.05) is 21.4 Å².